The van der Waals surface area contributed by atoms with Crippen LogP contribution >= 0.6 is 0 Å². The number of hydrogen-bond donors (Lipinski definition) is 2. The van der Waals surface area contributed by atoms with Gasteiger partial charge in [-0.05, 0) is 33.8 Å². The summed E-state index contributed by atoms with van der Waals surface area (Å²) in [4.78, 5) is 8.70. The third kappa shape index (κ3) is 5.26. The second-order valence-corrected chi connectivity index (χ2v) is 5.22. The summed E-state index contributed by atoms with van der Waals surface area (Å²) in [5, 5.41) is 6.55. The molecule has 0 unspecified atom stereocenters. The Hall–Kier alpha value is -2.56. The van der Waals surface area contributed by atoms with Gasteiger partial charge in [-0.25, -0.2) is 4.98 Å². The van der Waals surface area contributed by atoms with Crippen LogP contribution in [0, 0.1) is 0 Å². The average Bonchev–Trinajstić information content (AvgIpc) is 2.99. The van der Waals surface area contributed by atoms with Crippen molar-refractivity contribution in [3.63, 3.8) is 0 Å². The second kappa shape index (κ2) is 10.3. The van der Waals surface area contributed by atoms with Gasteiger partial charge in [0.15, 0.2) is 0 Å². The summed E-state index contributed by atoms with van der Waals surface area (Å²) in [5.41, 5.74) is 4.23. The van der Waals surface area contributed by atoms with E-state index in [0.717, 1.165) is 28.5 Å². The fourth-order valence-corrected chi connectivity index (χ4v) is 2.21. The molecule has 1 aromatic rings. The molecular weight excluding hydrogens is 298 g/mol. The standard InChI is InChI=1S/C19H29N5/c1-7-10-24-18(16(8-2)12-20-5)13-23-19(24)14-22-17(9-3)11-15(4)21-6/h7-13,21-22H,14H2,1-6H3/b10-7-,15-11-,16-8+,17-9+,20-12?. The average molecular weight is 327 g/mol. The van der Waals surface area contributed by atoms with Crippen LogP contribution in [0.4, 0.5) is 0 Å². The maximum atomic E-state index is 4.57. The molecule has 5 nitrogen and oxygen atoms in total. The van der Waals surface area contributed by atoms with E-state index in [4.69, 9.17) is 0 Å². The van der Waals surface area contributed by atoms with Gasteiger partial charge in [-0.15, -0.1) is 0 Å². The zero-order valence-electron chi connectivity index (χ0n) is 15.6. The molecule has 1 rings (SSSR count). The van der Waals surface area contributed by atoms with Crippen LogP contribution < -0.4 is 10.6 Å². The Bertz CT molecular complexity index is 672. The number of imidazole rings is 1. The van der Waals surface area contributed by atoms with Gasteiger partial charge in [0.25, 0.3) is 0 Å². The van der Waals surface area contributed by atoms with Gasteiger partial charge in [0.1, 0.15) is 5.82 Å². The van der Waals surface area contributed by atoms with Crippen molar-refractivity contribution in [2.24, 2.45) is 4.99 Å². The minimum absolute atomic E-state index is 0.637. The third-order valence-electron chi connectivity index (χ3n) is 3.57. The molecular formula is C19H29N5. The monoisotopic (exact) mass is 327 g/mol. The summed E-state index contributed by atoms with van der Waals surface area (Å²) in [6, 6.07) is 0. The summed E-state index contributed by atoms with van der Waals surface area (Å²) < 4.78 is 2.09. The van der Waals surface area contributed by atoms with Crippen molar-refractivity contribution >= 4 is 18.0 Å². The molecule has 0 aliphatic carbocycles. The summed E-state index contributed by atoms with van der Waals surface area (Å²) in [7, 11) is 3.69. The Labute approximate surface area is 145 Å². The van der Waals surface area contributed by atoms with Crippen LogP contribution in [0.1, 0.15) is 39.2 Å². The maximum Gasteiger partial charge on any atom is 0.132 e. The normalized spacial score (nSPS) is 14.0. The highest BCUT2D eigenvalue weighted by atomic mass is 15.1. The highest BCUT2D eigenvalue weighted by molar-refractivity contribution is 6.09. The van der Waals surface area contributed by atoms with Gasteiger partial charge >= 0.3 is 0 Å². The molecule has 0 spiro atoms. The number of aromatic nitrogens is 2. The van der Waals surface area contributed by atoms with Crippen molar-refractivity contribution in [2.75, 3.05) is 14.1 Å². The Morgan fingerprint density at radius 2 is 2.04 bits per heavy atom. The minimum Gasteiger partial charge on any atom is -0.392 e. The fourth-order valence-electron chi connectivity index (χ4n) is 2.21. The predicted octanol–water partition coefficient (Wildman–Crippen LogP) is 3.59. The first kappa shape index (κ1) is 19.5. The van der Waals surface area contributed by atoms with Gasteiger partial charge in [0.2, 0.25) is 0 Å². The van der Waals surface area contributed by atoms with E-state index in [2.05, 4.69) is 31.3 Å². The Kier molecular flexibility index (Phi) is 8.33. The van der Waals surface area contributed by atoms with Crippen LogP contribution in [-0.2, 0) is 6.54 Å². The van der Waals surface area contributed by atoms with Crippen LogP contribution in [0.25, 0.3) is 11.8 Å². The molecule has 2 N–H and O–H groups in total. The number of allylic oxidation sites excluding steroid dienone is 6. The van der Waals surface area contributed by atoms with Crippen LogP contribution in [-0.4, -0.2) is 29.9 Å². The number of nitrogens with zero attached hydrogens (tertiary/aromatic N) is 3. The molecule has 130 valence electrons. The number of hydrogen-bond acceptors (Lipinski definition) is 4. The minimum atomic E-state index is 0.637. The molecule has 0 aliphatic heterocycles. The highest BCUT2D eigenvalue weighted by Gasteiger charge is 2.10. The maximum absolute atomic E-state index is 4.57. The molecule has 0 radical (unpaired) electrons. The summed E-state index contributed by atoms with van der Waals surface area (Å²) >= 11 is 0. The highest BCUT2D eigenvalue weighted by Crippen LogP contribution is 2.16. The van der Waals surface area contributed by atoms with E-state index < -0.39 is 0 Å². The van der Waals surface area contributed by atoms with Crippen LogP contribution in [0.5, 0.6) is 0 Å². The number of aliphatic imine (C=N–C) groups is 1. The Morgan fingerprint density at radius 3 is 2.58 bits per heavy atom. The molecule has 0 fully saturated rings. The van der Waals surface area contributed by atoms with Crippen molar-refractivity contribution in [3.05, 3.63) is 53.4 Å². The van der Waals surface area contributed by atoms with E-state index in [1.54, 1.807) is 7.05 Å². The zero-order chi connectivity index (χ0) is 17.9. The van der Waals surface area contributed by atoms with E-state index in [1.165, 1.54) is 0 Å². The largest absolute Gasteiger partial charge is 0.392 e. The first-order chi connectivity index (χ1) is 11.6. The number of rotatable bonds is 8. The van der Waals surface area contributed by atoms with Crippen molar-refractivity contribution in [1.82, 2.24) is 20.2 Å². The van der Waals surface area contributed by atoms with Gasteiger partial charge < -0.3 is 15.2 Å². The van der Waals surface area contributed by atoms with Crippen molar-refractivity contribution in [1.29, 1.82) is 0 Å². The zero-order valence-corrected chi connectivity index (χ0v) is 15.6. The summed E-state index contributed by atoms with van der Waals surface area (Å²) in [6.45, 7) is 8.69. The van der Waals surface area contributed by atoms with Gasteiger partial charge in [-0.2, -0.15) is 0 Å². The smallest absolute Gasteiger partial charge is 0.132 e. The van der Waals surface area contributed by atoms with Crippen molar-refractivity contribution in [2.45, 2.75) is 34.2 Å². The molecule has 5 heteroatoms. The summed E-state index contributed by atoms with van der Waals surface area (Å²) in [6.07, 6.45) is 13.9. The van der Waals surface area contributed by atoms with Gasteiger partial charge in [0, 0.05) is 43.5 Å². The van der Waals surface area contributed by atoms with Crippen LogP contribution in [0.2, 0.25) is 0 Å². The second-order valence-electron chi connectivity index (χ2n) is 5.22. The fraction of sp³-hybridized carbons (Fsp3) is 0.368. The Morgan fingerprint density at radius 1 is 1.29 bits per heavy atom. The molecule has 1 heterocycles. The molecule has 0 saturated carbocycles. The van der Waals surface area contributed by atoms with E-state index in [1.807, 2.05) is 71.6 Å². The molecule has 0 bridgehead atoms. The quantitative estimate of drug-likeness (QED) is 0.567. The third-order valence-corrected chi connectivity index (χ3v) is 3.57. The molecule has 0 atom stereocenters. The van der Waals surface area contributed by atoms with Crippen LogP contribution in [0.3, 0.4) is 0 Å². The summed E-state index contributed by atoms with van der Waals surface area (Å²) in [5.74, 6) is 0.946. The first-order valence-electron chi connectivity index (χ1n) is 8.15. The molecule has 24 heavy (non-hydrogen) atoms. The molecule has 1 aromatic heterocycles. The molecule has 0 aliphatic rings. The molecule has 0 amide bonds. The van der Waals surface area contributed by atoms with Gasteiger partial charge in [-0.1, -0.05) is 18.2 Å². The Balaban J connectivity index is 3.07. The lowest BCUT2D eigenvalue weighted by molar-refractivity contribution is 0.757. The lowest BCUT2D eigenvalue weighted by Gasteiger charge is -2.11. The lowest BCUT2D eigenvalue weighted by atomic mass is 10.2. The SMILES string of the molecule is C/C=C\n1c(/C(C=NC)=C/C)cnc1CNC(/C=C(/C)NC)=C/C. The molecule has 0 saturated heterocycles. The lowest BCUT2D eigenvalue weighted by Crippen LogP contribution is -2.16. The van der Waals surface area contributed by atoms with Crippen molar-refractivity contribution < 1.29 is 0 Å². The van der Waals surface area contributed by atoms with E-state index in [0.29, 0.717) is 6.54 Å². The topological polar surface area (TPSA) is 54.2 Å². The van der Waals surface area contributed by atoms with Crippen molar-refractivity contribution in [3.8, 4) is 0 Å². The predicted molar refractivity (Wildman–Crippen MR) is 105 cm³/mol. The van der Waals surface area contributed by atoms with E-state index >= 15 is 0 Å². The number of nitrogens with one attached hydrogen (secondary N) is 2. The van der Waals surface area contributed by atoms with Gasteiger partial charge in [-0.3, -0.25) is 4.99 Å². The molecule has 0 aromatic carbocycles. The van der Waals surface area contributed by atoms with Gasteiger partial charge in [0.05, 0.1) is 18.4 Å². The first-order valence-corrected chi connectivity index (χ1v) is 8.15. The van der Waals surface area contributed by atoms with Crippen LogP contribution in [0.15, 0.2) is 46.9 Å². The van der Waals surface area contributed by atoms with E-state index in [9.17, 15) is 0 Å². The van der Waals surface area contributed by atoms with E-state index in [-0.39, 0.29) is 0 Å².